The number of nitrogens with zero attached hydrogens (tertiary/aromatic N) is 1. The summed E-state index contributed by atoms with van der Waals surface area (Å²) < 4.78 is 38.9. The molecule has 4 unspecified atom stereocenters. The van der Waals surface area contributed by atoms with Gasteiger partial charge in [-0.2, -0.15) is 13.2 Å². The Bertz CT molecular complexity index is 541. The highest BCUT2D eigenvalue weighted by molar-refractivity contribution is 6.00. The van der Waals surface area contributed by atoms with Gasteiger partial charge in [0.05, 0.1) is 5.56 Å². The van der Waals surface area contributed by atoms with Crippen LogP contribution in [0, 0.1) is 17.8 Å². The van der Waals surface area contributed by atoms with Crippen molar-refractivity contribution in [3.05, 3.63) is 29.6 Å². The molecular weight excluding hydrogens is 269 g/mol. The second kappa shape index (κ2) is 4.55. The lowest BCUT2D eigenvalue weighted by molar-refractivity contribution is -0.138. The van der Waals surface area contributed by atoms with Crippen LogP contribution in [0.5, 0.6) is 0 Å². The van der Waals surface area contributed by atoms with Gasteiger partial charge in [0.15, 0.2) is 5.78 Å². The Labute approximate surface area is 114 Å². The highest BCUT2D eigenvalue weighted by atomic mass is 19.4. The predicted octanol–water partition coefficient (Wildman–Crippen LogP) is 2.66. The molecule has 2 aliphatic rings. The van der Waals surface area contributed by atoms with Crippen molar-refractivity contribution in [2.24, 2.45) is 23.5 Å². The molecule has 2 N–H and O–H groups in total. The molecule has 1 heterocycles. The summed E-state index contributed by atoms with van der Waals surface area (Å²) in [6.07, 6.45) is 0.254. The van der Waals surface area contributed by atoms with Crippen molar-refractivity contribution >= 4 is 5.78 Å². The maximum atomic E-state index is 13.0. The molecule has 1 aromatic heterocycles. The first-order valence-electron chi connectivity index (χ1n) is 6.70. The summed E-state index contributed by atoms with van der Waals surface area (Å²) >= 11 is 0. The number of carbonyl (C=O) groups is 1. The Balaban J connectivity index is 1.96. The highest BCUT2D eigenvalue weighted by Gasteiger charge is 2.50. The van der Waals surface area contributed by atoms with E-state index in [4.69, 9.17) is 5.73 Å². The van der Waals surface area contributed by atoms with E-state index in [9.17, 15) is 18.0 Å². The molecule has 2 bridgehead atoms. The minimum atomic E-state index is -4.55. The molecule has 20 heavy (non-hydrogen) atoms. The van der Waals surface area contributed by atoms with Crippen molar-refractivity contribution in [3.8, 4) is 0 Å². The zero-order valence-electron chi connectivity index (χ0n) is 10.7. The lowest BCUT2D eigenvalue weighted by atomic mass is 9.79. The van der Waals surface area contributed by atoms with Crippen molar-refractivity contribution in [2.75, 3.05) is 0 Å². The summed E-state index contributed by atoms with van der Waals surface area (Å²) in [7, 11) is 0. The van der Waals surface area contributed by atoms with E-state index in [0.29, 0.717) is 0 Å². The molecule has 2 saturated carbocycles. The fraction of sp³-hybridized carbons (Fsp3) is 0.571. The largest absolute Gasteiger partial charge is 0.417 e. The number of pyridine rings is 1. The topological polar surface area (TPSA) is 56.0 Å². The average Bonchev–Trinajstić information content (AvgIpc) is 2.98. The lowest BCUT2D eigenvalue weighted by Crippen LogP contribution is -2.40. The van der Waals surface area contributed by atoms with Gasteiger partial charge in [-0.25, -0.2) is 0 Å². The molecular formula is C14H15F3N2O. The Kier molecular flexibility index (Phi) is 3.08. The van der Waals surface area contributed by atoms with Gasteiger partial charge >= 0.3 is 6.18 Å². The summed E-state index contributed by atoms with van der Waals surface area (Å²) in [5.41, 5.74) is 4.79. The molecule has 108 valence electrons. The Hall–Kier alpha value is -1.43. The molecule has 2 aliphatic carbocycles. The third kappa shape index (κ3) is 2.02. The van der Waals surface area contributed by atoms with Crippen LogP contribution in [0.1, 0.15) is 35.2 Å². The van der Waals surface area contributed by atoms with Gasteiger partial charge in [0.25, 0.3) is 0 Å². The second-order valence-electron chi connectivity index (χ2n) is 5.72. The van der Waals surface area contributed by atoms with Gasteiger partial charge in [-0.15, -0.1) is 0 Å². The number of alkyl halides is 3. The molecule has 1 aromatic rings. The number of Topliss-reactive ketones (excluding diaryl/α,β-unsaturated/α-hetero) is 1. The number of rotatable bonds is 2. The number of nitrogens with two attached hydrogens (primary N) is 1. The van der Waals surface area contributed by atoms with Crippen LogP contribution in [0.15, 0.2) is 18.5 Å². The van der Waals surface area contributed by atoms with E-state index in [1.54, 1.807) is 0 Å². The van der Waals surface area contributed by atoms with Gasteiger partial charge < -0.3 is 5.73 Å². The van der Waals surface area contributed by atoms with Gasteiger partial charge in [0.2, 0.25) is 0 Å². The minimum absolute atomic E-state index is 0.129. The van der Waals surface area contributed by atoms with Crippen LogP contribution in [0.25, 0.3) is 0 Å². The van der Waals surface area contributed by atoms with Gasteiger partial charge in [-0.3, -0.25) is 9.78 Å². The van der Waals surface area contributed by atoms with Crippen LogP contribution < -0.4 is 5.73 Å². The fourth-order valence-corrected chi connectivity index (χ4v) is 3.74. The van der Waals surface area contributed by atoms with Gasteiger partial charge in [0, 0.05) is 29.9 Å². The van der Waals surface area contributed by atoms with Gasteiger partial charge in [0.1, 0.15) is 0 Å². The number of aromatic nitrogens is 1. The molecule has 3 nitrogen and oxygen atoms in total. The molecule has 0 aliphatic heterocycles. The van der Waals surface area contributed by atoms with Crippen molar-refractivity contribution in [2.45, 2.75) is 31.5 Å². The van der Waals surface area contributed by atoms with Crippen molar-refractivity contribution in [1.82, 2.24) is 4.98 Å². The SMILES string of the molecule is NC1C2CCC(C2)C1C(=O)c1cnccc1C(F)(F)F. The van der Waals surface area contributed by atoms with E-state index in [1.165, 1.54) is 0 Å². The molecule has 6 heteroatoms. The fourth-order valence-electron chi connectivity index (χ4n) is 3.74. The van der Waals surface area contributed by atoms with Crippen molar-refractivity contribution in [1.29, 1.82) is 0 Å². The second-order valence-corrected chi connectivity index (χ2v) is 5.72. The van der Waals surface area contributed by atoms with E-state index in [2.05, 4.69) is 4.98 Å². The average molecular weight is 284 g/mol. The standard InChI is InChI=1S/C14H15F3N2O/c15-14(16,17)10-3-4-19-6-9(10)13(20)11-7-1-2-8(5-7)12(11)18/h3-4,6-8,11-12H,1-2,5,18H2. The number of hydrogen-bond acceptors (Lipinski definition) is 3. The van der Waals surface area contributed by atoms with Crippen LogP contribution in [0.4, 0.5) is 13.2 Å². The molecule has 0 radical (unpaired) electrons. The van der Waals surface area contributed by atoms with E-state index in [0.717, 1.165) is 37.7 Å². The van der Waals surface area contributed by atoms with Crippen molar-refractivity contribution in [3.63, 3.8) is 0 Å². The summed E-state index contributed by atoms with van der Waals surface area (Å²) in [6.45, 7) is 0. The molecule has 4 atom stereocenters. The zero-order chi connectivity index (χ0) is 14.5. The maximum absolute atomic E-state index is 13.0. The summed E-state index contributed by atoms with van der Waals surface area (Å²) in [5, 5.41) is 0. The summed E-state index contributed by atoms with van der Waals surface area (Å²) in [5.74, 6) is -0.576. The Morgan fingerprint density at radius 3 is 2.60 bits per heavy atom. The zero-order valence-corrected chi connectivity index (χ0v) is 10.7. The summed E-state index contributed by atoms with van der Waals surface area (Å²) in [4.78, 5) is 16.2. The third-order valence-electron chi connectivity index (χ3n) is 4.68. The molecule has 0 aromatic carbocycles. The van der Waals surface area contributed by atoms with Gasteiger partial charge in [-0.05, 0) is 37.2 Å². The molecule has 2 fully saturated rings. The number of carbonyl (C=O) groups excluding carboxylic acids is 1. The quantitative estimate of drug-likeness (QED) is 0.849. The maximum Gasteiger partial charge on any atom is 0.417 e. The third-order valence-corrected chi connectivity index (χ3v) is 4.68. The first kappa shape index (κ1) is 13.5. The normalized spacial score (nSPS) is 32.6. The smallest absolute Gasteiger partial charge is 0.327 e. The Morgan fingerprint density at radius 2 is 2.00 bits per heavy atom. The number of halogens is 3. The van der Waals surface area contributed by atoms with Crippen LogP contribution in [0.2, 0.25) is 0 Å². The van der Waals surface area contributed by atoms with E-state index < -0.39 is 23.4 Å². The van der Waals surface area contributed by atoms with E-state index in [-0.39, 0.29) is 23.4 Å². The van der Waals surface area contributed by atoms with Crippen LogP contribution in [-0.2, 0) is 6.18 Å². The first-order valence-corrected chi connectivity index (χ1v) is 6.70. The number of hydrogen-bond donors (Lipinski definition) is 1. The minimum Gasteiger partial charge on any atom is -0.327 e. The number of fused-ring (bicyclic) bond motifs is 2. The van der Waals surface area contributed by atoms with Crippen molar-refractivity contribution < 1.29 is 18.0 Å². The first-order chi connectivity index (χ1) is 9.39. The van der Waals surface area contributed by atoms with Crippen LogP contribution >= 0.6 is 0 Å². The molecule has 3 rings (SSSR count). The highest BCUT2D eigenvalue weighted by Crippen LogP contribution is 2.49. The molecule has 0 spiro atoms. The Morgan fingerprint density at radius 1 is 1.30 bits per heavy atom. The molecule has 0 amide bonds. The van der Waals surface area contributed by atoms with Gasteiger partial charge in [-0.1, -0.05) is 0 Å². The van der Waals surface area contributed by atoms with Crippen LogP contribution in [-0.4, -0.2) is 16.8 Å². The van der Waals surface area contributed by atoms with E-state index >= 15 is 0 Å². The lowest BCUT2D eigenvalue weighted by Gasteiger charge is -2.27. The molecule has 0 saturated heterocycles. The van der Waals surface area contributed by atoms with E-state index in [1.807, 2.05) is 0 Å². The predicted molar refractivity (Wildman–Crippen MR) is 65.9 cm³/mol. The monoisotopic (exact) mass is 284 g/mol. The number of ketones is 1. The summed E-state index contributed by atoms with van der Waals surface area (Å²) in [6, 6.07) is 0.536. The van der Waals surface area contributed by atoms with Crippen LogP contribution in [0.3, 0.4) is 0 Å².